The van der Waals surface area contributed by atoms with E-state index in [1.165, 1.54) is 0 Å². The maximum atomic E-state index is 12.7. The van der Waals surface area contributed by atoms with Gasteiger partial charge in [0.15, 0.2) is 14.6 Å². The number of ether oxygens (including phenoxy) is 1. The number of benzene rings is 1. The molecule has 142 valence electrons. The van der Waals surface area contributed by atoms with Crippen LogP contribution in [0.25, 0.3) is 0 Å². The highest BCUT2D eigenvalue weighted by molar-refractivity contribution is 7.92. The Balaban J connectivity index is 0.00000312. The van der Waals surface area contributed by atoms with E-state index in [0.29, 0.717) is 36.2 Å². The summed E-state index contributed by atoms with van der Waals surface area (Å²) >= 11 is 6.15. The topological polar surface area (TPSA) is 84.5 Å². The summed E-state index contributed by atoms with van der Waals surface area (Å²) in [6, 6.07) is 4.90. The summed E-state index contributed by atoms with van der Waals surface area (Å²) in [5.41, 5.74) is 0.454. The first-order valence-corrected chi connectivity index (χ1v) is 10.2. The van der Waals surface area contributed by atoms with Crippen molar-refractivity contribution in [3.63, 3.8) is 0 Å². The average molecular weight is 411 g/mol. The van der Waals surface area contributed by atoms with Crippen molar-refractivity contribution in [2.45, 2.75) is 30.9 Å². The molecule has 6 nitrogen and oxygen atoms in total. The molecule has 0 radical (unpaired) electrons. The number of nitrogens with one attached hydrogen (secondary N) is 2. The molecule has 0 saturated carbocycles. The van der Waals surface area contributed by atoms with Crippen molar-refractivity contribution in [3.8, 4) is 5.75 Å². The lowest BCUT2D eigenvalue weighted by Gasteiger charge is -2.34. The van der Waals surface area contributed by atoms with E-state index in [0.717, 1.165) is 12.7 Å². The summed E-state index contributed by atoms with van der Waals surface area (Å²) in [6.45, 7) is 3.53. The zero-order chi connectivity index (χ0) is 17.8. The molecule has 1 aromatic carbocycles. The fraction of sp³-hybridized carbons (Fsp3) is 0.562. The molecule has 1 fully saturated rings. The summed E-state index contributed by atoms with van der Waals surface area (Å²) in [4.78, 5) is 12.7. The molecular weight excluding hydrogens is 387 g/mol. The minimum Gasteiger partial charge on any atom is -0.492 e. The van der Waals surface area contributed by atoms with Gasteiger partial charge in [-0.2, -0.15) is 0 Å². The Hall–Kier alpha value is -1.02. The SMILES string of the molecule is CCCOc1ccc(NC(=O)C2(S(C)(=O)=O)CCNCC2)cc1Cl.Cl. The van der Waals surface area contributed by atoms with Crippen molar-refractivity contribution < 1.29 is 17.9 Å². The van der Waals surface area contributed by atoms with Crippen LogP contribution in [0.15, 0.2) is 18.2 Å². The summed E-state index contributed by atoms with van der Waals surface area (Å²) in [6.07, 6.45) is 2.48. The standard InChI is InChI=1S/C16H23ClN2O4S.ClH/c1-3-10-23-14-5-4-12(11-13(14)17)19-15(20)16(24(2,21)22)6-8-18-9-7-16;/h4-5,11,18H,3,6-10H2,1-2H3,(H,19,20);1H. The molecule has 0 spiro atoms. The van der Waals surface area contributed by atoms with Crippen LogP contribution < -0.4 is 15.4 Å². The van der Waals surface area contributed by atoms with Crippen LogP contribution in [0.1, 0.15) is 26.2 Å². The van der Waals surface area contributed by atoms with Crippen LogP contribution in [0, 0.1) is 0 Å². The summed E-state index contributed by atoms with van der Waals surface area (Å²) in [5.74, 6) is 0.0287. The second-order valence-electron chi connectivity index (χ2n) is 5.96. The number of carbonyl (C=O) groups is 1. The molecule has 0 atom stereocenters. The van der Waals surface area contributed by atoms with Crippen LogP contribution in [0.2, 0.25) is 5.02 Å². The number of rotatable bonds is 6. The second kappa shape index (κ2) is 9.07. The van der Waals surface area contributed by atoms with Crippen LogP contribution in [0.3, 0.4) is 0 Å². The highest BCUT2D eigenvalue weighted by Crippen LogP contribution is 2.32. The van der Waals surface area contributed by atoms with Gasteiger partial charge in [0.05, 0.1) is 11.6 Å². The van der Waals surface area contributed by atoms with E-state index >= 15 is 0 Å². The van der Waals surface area contributed by atoms with Gasteiger partial charge in [-0.15, -0.1) is 12.4 Å². The number of anilines is 1. The van der Waals surface area contributed by atoms with E-state index in [-0.39, 0.29) is 25.2 Å². The first-order chi connectivity index (χ1) is 11.3. The molecule has 1 saturated heterocycles. The molecule has 1 heterocycles. The normalized spacial score (nSPS) is 16.6. The van der Waals surface area contributed by atoms with E-state index in [4.69, 9.17) is 16.3 Å². The molecular formula is C16H24Cl2N2O4S. The lowest BCUT2D eigenvalue weighted by molar-refractivity contribution is -0.119. The molecule has 1 aliphatic rings. The van der Waals surface area contributed by atoms with Gasteiger partial charge in [0.1, 0.15) is 5.75 Å². The summed E-state index contributed by atoms with van der Waals surface area (Å²) in [7, 11) is -3.55. The average Bonchev–Trinajstić information content (AvgIpc) is 2.53. The molecule has 0 unspecified atom stereocenters. The third-order valence-electron chi connectivity index (χ3n) is 4.19. The maximum absolute atomic E-state index is 12.7. The van der Waals surface area contributed by atoms with Crippen LogP contribution in [0.4, 0.5) is 5.69 Å². The smallest absolute Gasteiger partial charge is 0.245 e. The van der Waals surface area contributed by atoms with Gasteiger partial charge < -0.3 is 15.4 Å². The molecule has 2 N–H and O–H groups in total. The van der Waals surface area contributed by atoms with E-state index < -0.39 is 20.5 Å². The van der Waals surface area contributed by atoms with Gasteiger partial charge in [0.25, 0.3) is 0 Å². The minimum atomic E-state index is -3.55. The highest BCUT2D eigenvalue weighted by Gasteiger charge is 2.48. The molecule has 1 aliphatic heterocycles. The van der Waals surface area contributed by atoms with Crippen molar-refractivity contribution in [3.05, 3.63) is 23.2 Å². The van der Waals surface area contributed by atoms with Crippen molar-refractivity contribution in [1.82, 2.24) is 5.32 Å². The Morgan fingerprint density at radius 1 is 1.36 bits per heavy atom. The summed E-state index contributed by atoms with van der Waals surface area (Å²) < 4.78 is 28.6. The van der Waals surface area contributed by atoms with E-state index in [1.807, 2.05) is 6.92 Å². The van der Waals surface area contributed by atoms with E-state index in [2.05, 4.69) is 10.6 Å². The monoisotopic (exact) mass is 410 g/mol. The Kier molecular flexibility index (Phi) is 7.99. The van der Waals surface area contributed by atoms with Crippen LogP contribution in [-0.2, 0) is 14.6 Å². The van der Waals surface area contributed by atoms with Gasteiger partial charge in [-0.1, -0.05) is 18.5 Å². The molecule has 1 aromatic rings. The van der Waals surface area contributed by atoms with E-state index in [9.17, 15) is 13.2 Å². The third kappa shape index (κ3) is 5.00. The lowest BCUT2D eigenvalue weighted by Crippen LogP contribution is -2.55. The quantitative estimate of drug-likeness (QED) is 0.752. The highest BCUT2D eigenvalue weighted by atomic mass is 35.5. The van der Waals surface area contributed by atoms with Gasteiger partial charge in [0, 0.05) is 11.9 Å². The third-order valence-corrected chi connectivity index (χ3v) is 6.49. The molecule has 0 bridgehead atoms. The minimum absolute atomic E-state index is 0. The predicted molar refractivity (Wildman–Crippen MR) is 103 cm³/mol. The largest absolute Gasteiger partial charge is 0.492 e. The van der Waals surface area contributed by atoms with E-state index in [1.54, 1.807) is 18.2 Å². The second-order valence-corrected chi connectivity index (χ2v) is 8.70. The molecule has 0 aromatic heterocycles. The number of hydrogen-bond donors (Lipinski definition) is 2. The number of hydrogen-bond acceptors (Lipinski definition) is 5. The zero-order valence-corrected chi connectivity index (χ0v) is 16.7. The van der Waals surface area contributed by atoms with Crippen LogP contribution >= 0.6 is 24.0 Å². The Morgan fingerprint density at radius 3 is 2.52 bits per heavy atom. The van der Waals surface area contributed by atoms with Gasteiger partial charge in [0.2, 0.25) is 5.91 Å². The molecule has 0 aliphatic carbocycles. The molecule has 2 rings (SSSR count). The molecule has 9 heteroatoms. The van der Waals surface area contributed by atoms with Crippen molar-refractivity contribution in [1.29, 1.82) is 0 Å². The first kappa shape index (κ1) is 22.0. The fourth-order valence-corrected chi connectivity index (χ4v) is 4.32. The van der Waals surface area contributed by atoms with Gasteiger partial charge in [-0.25, -0.2) is 8.42 Å². The summed E-state index contributed by atoms with van der Waals surface area (Å²) in [5, 5.41) is 6.16. The zero-order valence-electron chi connectivity index (χ0n) is 14.3. The number of amides is 1. The van der Waals surface area contributed by atoms with Crippen molar-refractivity contribution in [2.75, 3.05) is 31.3 Å². The van der Waals surface area contributed by atoms with Gasteiger partial charge in [-0.3, -0.25) is 4.79 Å². The molecule has 25 heavy (non-hydrogen) atoms. The van der Waals surface area contributed by atoms with Crippen molar-refractivity contribution in [2.24, 2.45) is 0 Å². The molecule has 1 amide bonds. The number of carbonyl (C=O) groups excluding carboxylic acids is 1. The Bertz CT molecular complexity index is 704. The number of piperidine rings is 1. The van der Waals surface area contributed by atoms with Crippen LogP contribution in [0.5, 0.6) is 5.75 Å². The first-order valence-electron chi connectivity index (χ1n) is 7.94. The number of sulfone groups is 1. The predicted octanol–water partition coefficient (Wildman–Crippen LogP) is 2.66. The van der Waals surface area contributed by atoms with Gasteiger partial charge in [-0.05, 0) is 50.6 Å². The maximum Gasteiger partial charge on any atom is 0.245 e. The Morgan fingerprint density at radius 2 is 2.00 bits per heavy atom. The fourth-order valence-electron chi connectivity index (χ4n) is 2.75. The van der Waals surface area contributed by atoms with Crippen molar-refractivity contribution >= 4 is 45.4 Å². The Labute approximate surface area is 160 Å². The van der Waals surface area contributed by atoms with Gasteiger partial charge >= 0.3 is 0 Å². The van der Waals surface area contributed by atoms with Crippen LogP contribution in [-0.4, -0.2) is 45.0 Å². The number of halogens is 2. The lowest BCUT2D eigenvalue weighted by atomic mass is 9.95.